The Morgan fingerprint density at radius 1 is 0.548 bits per heavy atom. The number of nitrogens with zero attached hydrogens (tertiary/aromatic N) is 3. The number of rotatable bonds is 6. The first-order valence-corrected chi connectivity index (χ1v) is 13.8. The van der Waals surface area contributed by atoms with Gasteiger partial charge in [0.15, 0.2) is 0 Å². The van der Waals surface area contributed by atoms with Crippen LogP contribution in [0.2, 0.25) is 0 Å². The summed E-state index contributed by atoms with van der Waals surface area (Å²) in [5.41, 5.74) is 6.53. The number of aromatic nitrogens is 3. The second kappa shape index (κ2) is 10.7. The van der Waals surface area contributed by atoms with Crippen molar-refractivity contribution in [2.75, 3.05) is 0 Å². The monoisotopic (exact) mass is 538 g/mol. The van der Waals surface area contributed by atoms with Crippen LogP contribution >= 0.6 is 0 Å². The highest BCUT2D eigenvalue weighted by Crippen LogP contribution is 2.38. The van der Waals surface area contributed by atoms with Gasteiger partial charge in [0.2, 0.25) is 0 Å². The molecular weight excluding hydrogens is 512 g/mol. The van der Waals surface area contributed by atoms with Gasteiger partial charge >= 0.3 is 0 Å². The number of fused-ring (bicyclic) bond motifs is 6. The highest BCUT2D eigenvalue weighted by atomic mass is 14.8. The molecule has 4 heteroatoms. The SMILES string of the molecule is C=C/C=C\C(=N)c1cccc(-c2ccc3c4ccc(-c5cccc(-c6ccccn6)n5)cc4c4ccccc4c3c2)n1. The van der Waals surface area contributed by atoms with E-state index < -0.39 is 0 Å². The largest absolute Gasteiger partial charge is 0.299 e. The summed E-state index contributed by atoms with van der Waals surface area (Å²) in [5, 5.41) is 15.5. The second-order valence-electron chi connectivity index (χ2n) is 10.1. The van der Waals surface area contributed by atoms with Crippen molar-refractivity contribution in [2.24, 2.45) is 0 Å². The van der Waals surface area contributed by atoms with Crippen LogP contribution < -0.4 is 0 Å². The fourth-order valence-electron chi connectivity index (χ4n) is 5.52. The molecule has 0 amide bonds. The van der Waals surface area contributed by atoms with Gasteiger partial charge in [-0.15, -0.1) is 0 Å². The average molecular weight is 539 g/mol. The molecule has 42 heavy (non-hydrogen) atoms. The van der Waals surface area contributed by atoms with Gasteiger partial charge in [0.05, 0.1) is 34.2 Å². The van der Waals surface area contributed by atoms with E-state index in [-0.39, 0.29) is 0 Å². The predicted molar refractivity (Wildman–Crippen MR) is 175 cm³/mol. The summed E-state index contributed by atoms with van der Waals surface area (Å²) in [7, 11) is 0. The van der Waals surface area contributed by atoms with Gasteiger partial charge < -0.3 is 0 Å². The average Bonchev–Trinajstić information content (AvgIpc) is 3.07. The van der Waals surface area contributed by atoms with Gasteiger partial charge in [0, 0.05) is 17.3 Å². The molecule has 1 N–H and O–H groups in total. The van der Waals surface area contributed by atoms with Crippen molar-refractivity contribution < 1.29 is 0 Å². The molecule has 0 aliphatic carbocycles. The van der Waals surface area contributed by atoms with Crippen LogP contribution in [0.5, 0.6) is 0 Å². The van der Waals surface area contributed by atoms with Gasteiger partial charge in [-0.25, -0.2) is 9.97 Å². The third-order valence-corrected chi connectivity index (χ3v) is 7.53. The van der Waals surface area contributed by atoms with Crippen molar-refractivity contribution in [3.63, 3.8) is 0 Å². The third kappa shape index (κ3) is 4.55. The number of nitrogens with one attached hydrogen (secondary N) is 1. The maximum absolute atomic E-state index is 8.35. The zero-order valence-electron chi connectivity index (χ0n) is 22.8. The van der Waals surface area contributed by atoms with Gasteiger partial charge in [0.25, 0.3) is 0 Å². The minimum Gasteiger partial charge on any atom is -0.299 e. The van der Waals surface area contributed by atoms with E-state index in [1.807, 2.05) is 48.5 Å². The predicted octanol–water partition coefficient (Wildman–Crippen LogP) is 9.44. The Morgan fingerprint density at radius 2 is 1.12 bits per heavy atom. The van der Waals surface area contributed by atoms with Gasteiger partial charge in [-0.3, -0.25) is 10.4 Å². The molecule has 198 valence electrons. The molecular formula is C38H26N4. The molecule has 4 aromatic carbocycles. The van der Waals surface area contributed by atoms with Crippen molar-refractivity contribution in [3.8, 4) is 33.9 Å². The van der Waals surface area contributed by atoms with Gasteiger partial charge in [-0.1, -0.05) is 85.5 Å². The Morgan fingerprint density at radius 3 is 1.76 bits per heavy atom. The van der Waals surface area contributed by atoms with Crippen LogP contribution in [-0.2, 0) is 0 Å². The van der Waals surface area contributed by atoms with Crippen LogP contribution in [0.25, 0.3) is 66.2 Å². The summed E-state index contributed by atoms with van der Waals surface area (Å²) >= 11 is 0. The van der Waals surface area contributed by atoms with Crippen LogP contribution in [0.3, 0.4) is 0 Å². The minimum absolute atomic E-state index is 0.352. The molecule has 7 aromatic rings. The molecule has 0 saturated heterocycles. The van der Waals surface area contributed by atoms with E-state index in [1.54, 1.807) is 24.4 Å². The first-order chi connectivity index (χ1) is 20.7. The standard InChI is InChI=1S/C38H26N4/c1-2-3-12-33(39)36-16-8-14-34(41-36)25-18-20-29-30-21-19-26(24-32(30)28-11-5-4-10-27(28)31(29)23-25)35-15-9-17-38(42-35)37-13-6-7-22-40-37/h2-24,39H,1H2/b12-3-,39-33?. The van der Waals surface area contributed by atoms with Crippen molar-refractivity contribution >= 4 is 38.0 Å². The maximum atomic E-state index is 8.35. The molecule has 0 fully saturated rings. The summed E-state index contributed by atoms with van der Waals surface area (Å²) in [6, 6.07) is 39.5. The lowest BCUT2D eigenvalue weighted by molar-refractivity contribution is 1.25. The summed E-state index contributed by atoms with van der Waals surface area (Å²) in [6.07, 6.45) is 6.91. The summed E-state index contributed by atoms with van der Waals surface area (Å²) in [6.45, 7) is 3.69. The molecule has 0 bridgehead atoms. The van der Waals surface area contributed by atoms with Crippen LogP contribution in [0.4, 0.5) is 0 Å². The lowest BCUT2D eigenvalue weighted by Gasteiger charge is -2.13. The van der Waals surface area contributed by atoms with Crippen molar-refractivity contribution in [2.45, 2.75) is 0 Å². The molecule has 0 aliphatic rings. The molecule has 0 atom stereocenters. The number of pyridine rings is 3. The van der Waals surface area contributed by atoms with Gasteiger partial charge in [0.1, 0.15) is 0 Å². The third-order valence-electron chi connectivity index (χ3n) is 7.53. The molecule has 0 spiro atoms. The number of hydrogen-bond acceptors (Lipinski definition) is 4. The topological polar surface area (TPSA) is 62.5 Å². The van der Waals surface area contributed by atoms with E-state index in [9.17, 15) is 0 Å². The Bertz CT molecular complexity index is 2160. The molecule has 7 rings (SSSR count). The number of hydrogen-bond donors (Lipinski definition) is 1. The van der Waals surface area contributed by atoms with Gasteiger partial charge in [-0.05, 0) is 86.9 Å². The lowest BCUT2D eigenvalue weighted by atomic mass is 9.91. The highest BCUT2D eigenvalue weighted by Gasteiger charge is 2.13. The Kier molecular flexibility index (Phi) is 6.42. The van der Waals surface area contributed by atoms with Gasteiger partial charge in [-0.2, -0.15) is 0 Å². The fraction of sp³-hybridized carbons (Fsp3) is 0. The Hall–Kier alpha value is -5.74. The van der Waals surface area contributed by atoms with E-state index in [4.69, 9.17) is 15.4 Å². The number of allylic oxidation sites excluding steroid dienone is 3. The lowest BCUT2D eigenvalue weighted by Crippen LogP contribution is -1.99. The van der Waals surface area contributed by atoms with Crippen LogP contribution in [0.1, 0.15) is 5.69 Å². The van der Waals surface area contributed by atoms with E-state index in [0.29, 0.717) is 11.4 Å². The molecule has 3 heterocycles. The van der Waals surface area contributed by atoms with Crippen molar-refractivity contribution in [1.29, 1.82) is 5.41 Å². The van der Waals surface area contributed by atoms with E-state index in [1.165, 1.54) is 32.3 Å². The van der Waals surface area contributed by atoms with Crippen molar-refractivity contribution in [3.05, 3.63) is 152 Å². The zero-order chi connectivity index (χ0) is 28.5. The molecule has 0 aliphatic heterocycles. The molecule has 0 unspecified atom stereocenters. The molecule has 0 saturated carbocycles. The molecule has 4 nitrogen and oxygen atoms in total. The fourth-order valence-corrected chi connectivity index (χ4v) is 5.52. The summed E-state index contributed by atoms with van der Waals surface area (Å²) in [5.74, 6) is 0. The van der Waals surface area contributed by atoms with E-state index in [0.717, 1.165) is 33.9 Å². The quantitative estimate of drug-likeness (QED) is 0.130. The second-order valence-corrected chi connectivity index (χ2v) is 10.1. The van der Waals surface area contributed by atoms with E-state index in [2.05, 4.69) is 78.3 Å². The highest BCUT2D eigenvalue weighted by molar-refractivity contribution is 6.26. The van der Waals surface area contributed by atoms with E-state index >= 15 is 0 Å². The molecule has 3 aromatic heterocycles. The zero-order valence-corrected chi connectivity index (χ0v) is 22.8. The first kappa shape index (κ1) is 25.2. The summed E-state index contributed by atoms with van der Waals surface area (Å²) in [4.78, 5) is 14.2. The van der Waals surface area contributed by atoms with Crippen LogP contribution in [0.15, 0.2) is 146 Å². The maximum Gasteiger partial charge on any atom is 0.0893 e. The number of benzene rings is 4. The smallest absolute Gasteiger partial charge is 0.0893 e. The summed E-state index contributed by atoms with van der Waals surface area (Å²) < 4.78 is 0. The minimum atomic E-state index is 0.352. The van der Waals surface area contributed by atoms with Crippen LogP contribution in [0, 0.1) is 5.41 Å². The Balaban J connectivity index is 1.37. The Labute approximate surface area is 243 Å². The van der Waals surface area contributed by atoms with Crippen molar-refractivity contribution in [1.82, 2.24) is 15.0 Å². The normalized spacial score (nSPS) is 11.4. The van der Waals surface area contributed by atoms with Crippen LogP contribution in [-0.4, -0.2) is 20.7 Å². The first-order valence-electron chi connectivity index (χ1n) is 13.8. The molecule has 0 radical (unpaired) electrons.